The number of rotatable bonds is 18. The average molecular weight is 767 g/mol. The number of hydrogen-bond acceptors (Lipinski definition) is 8. The third-order valence-corrected chi connectivity index (χ3v) is 9.99. The lowest BCUT2D eigenvalue weighted by molar-refractivity contribution is -0.156. The molecule has 0 heterocycles. The molecule has 0 radical (unpaired) electrons. The number of nitrogens with two attached hydrogens (primary N) is 2. The van der Waals surface area contributed by atoms with E-state index in [1.165, 1.54) is 0 Å². The van der Waals surface area contributed by atoms with Crippen LogP contribution < -0.4 is 11.5 Å². The van der Waals surface area contributed by atoms with Crippen LogP contribution in [0.5, 0.6) is 0 Å². The molecule has 304 valence electrons. The summed E-state index contributed by atoms with van der Waals surface area (Å²) in [6.45, 7) is 20.8. The summed E-state index contributed by atoms with van der Waals surface area (Å²) in [4.78, 5) is 50.3. The van der Waals surface area contributed by atoms with E-state index < -0.39 is 12.2 Å². The lowest BCUT2D eigenvalue weighted by Gasteiger charge is -2.36. The normalized spacial score (nSPS) is 21.6. The zero-order valence-corrected chi connectivity index (χ0v) is 35.5. The highest BCUT2D eigenvalue weighted by molar-refractivity contribution is 6.02. The van der Waals surface area contributed by atoms with Crippen molar-refractivity contribution in [2.75, 3.05) is 13.1 Å². The highest BCUT2D eigenvalue weighted by atomic mass is 16.6. The summed E-state index contributed by atoms with van der Waals surface area (Å²) in [5.74, 6) is -1.03. The summed E-state index contributed by atoms with van der Waals surface area (Å²) in [5, 5.41) is 0. The van der Waals surface area contributed by atoms with Gasteiger partial charge in [0.2, 0.25) is 0 Å². The summed E-state index contributed by atoms with van der Waals surface area (Å²) in [7, 11) is 0. The van der Waals surface area contributed by atoms with Crippen LogP contribution in [0.25, 0.3) is 0 Å². The third kappa shape index (κ3) is 15.5. The Balaban J connectivity index is 1.97. The topological polar surface area (TPSA) is 139 Å². The Morgan fingerprint density at radius 2 is 0.911 bits per heavy atom. The van der Waals surface area contributed by atoms with Crippen molar-refractivity contribution >= 4 is 23.5 Å². The predicted molar refractivity (Wildman–Crippen MR) is 229 cm³/mol. The highest BCUT2D eigenvalue weighted by Crippen LogP contribution is 2.42. The van der Waals surface area contributed by atoms with Gasteiger partial charge >= 0.3 is 11.9 Å². The Morgan fingerprint density at radius 1 is 0.589 bits per heavy atom. The minimum atomic E-state index is -0.756. The van der Waals surface area contributed by atoms with E-state index in [4.69, 9.17) is 20.9 Å². The van der Waals surface area contributed by atoms with E-state index in [0.29, 0.717) is 49.9 Å². The minimum Gasteiger partial charge on any atom is -0.454 e. The summed E-state index contributed by atoms with van der Waals surface area (Å²) < 4.78 is 11.0. The van der Waals surface area contributed by atoms with Crippen LogP contribution in [0.2, 0.25) is 0 Å². The van der Waals surface area contributed by atoms with Gasteiger partial charge in [0, 0.05) is 25.7 Å². The molecule has 2 unspecified atom stereocenters. The lowest BCUT2D eigenvalue weighted by Crippen LogP contribution is -2.39. The maximum absolute atomic E-state index is 13.0. The first-order valence-corrected chi connectivity index (χ1v) is 19.7. The van der Waals surface area contributed by atoms with Crippen molar-refractivity contribution in [2.45, 2.75) is 120 Å². The fraction of sp³-hybridized carbons (Fsp3) is 0.458. The van der Waals surface area contributed by atoms with Crippen LogP contribution in [0.3, 0.4) is 0 Å². The van der Waals surface area contributed by atoms with E-state index in [1.807, 2.05) is 127 Å². The Bertz CT molecular complexity index is 1670. The van der Waals surface area contributed by atoms with Crippen molar-refractivity contribution in [3.05, 3.63) is 130 Å². The second kappa shape index (κ2) is 22.8. The van der Waals surface area contributed by atoms with Crippen LogP contribution in [0.1, 0.15) is 108 Å². The van der Waals surface area contributed by atoms with E-state index in [-0.39, 0.29) is 47.2 Å². The third-order valence-electron chi connectivity index (χ3n) is 9.99. The number of carbonyl (C=O) groups is 4. The van der Waals surface area contributed by atoms with Gasteiger partial charge in [-0.15, -0.1) is 0 Å². The number of carbonyl (C=O) groups excluding carboxylic acids is 4. The first-order valence-electron chi connectivity index (χ1n) is 19.7. The van der Waals surface area contributed by atoms with Gasteiger partial charge in [-0.05, 0) is 101 Å². The van der Waals surface area contributed by atoms with Gasteiger partial charge in [0.15, 0.2) is 23.8 Å². The molecule has 0 aromatic carbocycles. The van der Waals surface area contributed by atoms with Gasteiger partial charge in [-0.2, -0.15) is 0 Å². The van der Waals surface area contributed by atoms with Crippen LogP contribution in [0.4, 0.5) is 0 Å². The number of esters is 2. The molecule has 8 heteroatoms. The second-order valence-corrected chi connectivity index (χ2v) is 16.1. The molecule has 2 aliphatic carbocycles. The number of allylic oxidation sites excluding steroid dienone is 20. The first-order chi connectivity index (χ1) is 26.3. The average Bonchev–Trinajstić information content (AvgIpc) is 3.12. The number of Topliss-reactive ketones (excluding diaryl/α,β-unsaturated/α-hetero) is 2. The van der Waals surface area contributed by atoms with Crippen LogP contribution in [0.15, 0.2) is 130 Å². The molecule has 0 fully saturated rings. The SMILES string of the molecule is CC1=C(/C=C/C(C)=C/C=C/C(C)=C/C=C/C=C(C)/C=C/C=C(C)/C=C/C2=C(C)C(=O)C(OC(=O)CCCN)CC2(C)C)C(C)(C)CC(OC(=O)CCCN)C1=O. The van der Waals surface area contributed by atoms with Crippen LogP contribution in [-0.4, -0.2) is 48.8 Å². The molecule has 4 N–H and O–H groups in total. The molecule has 2 rings (SSSR count). The fourth-order valence-corrected chi connectivity index (χ4v) is 6.69. The molecule has 0 aromatic rings. The molecule has 56 heavy (non-hydrogen) atoms. The van der Waals surface area contributed by atoms with Crippen molar-refractivity contribution in [3.63, 3.8) is 0 Å². The van der Waals surface area contributed by atoms with Gasteiger partial charge in [0.1, 0.15) is 0 Å². The molecule has 0 bridgehead atoms. The molecule has 0 saturated heterocycles. The van der Waals surface area contributed by atoms with Crippen LogP contribution in [0, 0.1) is 10.8 Å². The van der Waals surface area contributed by atoms with E-state index in [9.17, 15) is 19.2 Å². The highest BCUT2D eigenvalue weighted by Gasteiger charge is 2.41. The van der Waals surface area contributed by atoms with Crippen molar-refractivity contribution in [3.8, 4) is 0 Å². The second-order valence-electron chi connectivity index (χ2n) is 16.1. The van der Waals surface area contributed by atoms with Gasteiger partial charge in [0.05, 0.1) is 0 Å². The molecule has 2 atom stereocenters. The van der Waals surface area contributed by atoms with Crippen LogP contribution in [-0.2, 0) is 28.7 Å². The zero-order valence-electron chi connectivity index (χ0n) is 35.5. The van der Waals surface area contributed by atoms with E-state index >= 15 is 0 Å². The molecule has 0 aliphatic heterocycles. The number of hydrogen-bond donors (Lipinski definition) is 2. The first kappa shape index (κ1) is 47.5. The van der Waals surface area contributed by atoms with Gasteiger partial charge in [0.25, 0.3) is 0 Å². The Labute approximate surface area is 336 Å². The van der Waals surface area contributed by atoms with Crippen molar-refractivity contribution < 1.29 is 28.7 Å². The Morgan fingerprint density at radius 3 is 1.25 bits per heavy atom. The minimum absolute atomic E-state index is 0.137. The zero-order chi connectivity index (χ0) is 42.1. The molecule has 2 aliphatic rings. The van der Waals surface area contributed by atoms with Gasteiger partial charge in [-0.3, -0.25) is 19.2 Å². The number of ketones is 2. The van der Waals surface area contributed by atoms with Crippen LogP contribution >= 0.6 is 0 Å². The smallest absolute Gasteiger partial charge is 0.306 e. The fourth-order valence-electron chi connectivity index (χ4n) is 6.69. The molecular formula is C48H66N2O6. The molecule has 0 saturated carbocycles. The van der Waals surface area contributed by atoms with Gasteiger partial charge in [-0.1, -0.05) is 135 Å². The Kier molecular flexibility index (Phi) is 19.3. The standard InChI is InChI=1S/C48H66N2O6/c1-33(19-13-21-35(3)25-27-39-37(5)45(53)41(31-47(39,7)8)55-43(51)23-15-29-49)17-11-12-18-34(2)20-14-22-36(4)26-28-40-38(6)46(54)42(32-48(40,9)10)56-44(52)24-16-30-50/h11-14,17-22,25-28,41-42H,15-16,23-24,29-32,49-50H2,1-10H3/b12-11+,19-13+,20-14+,27-25+,28-26+,33-17+,34-18+,35-21+,36-22+. The summed E-state index contributed by atoms with van der Waals surface area (Å²) in [6.07, 6.45) is 29.2. The van der Waals surface area contributed by atoms with Gasteiger partial charge in [-0.25, -0.2) is 0 Å². The Hall–Kier alpha value is -4.66. The van der Waals surface area contributed by atoms with Gasteiger partial charge < -0.3 is 20.9 Å². The van der Waals surface area contributed by atoms with Crippen molar-refractivity contribution in [1.82, 2.24) is 0 Å². The van der Waals surface area contributed by atoms with Crippen molar-refractivity contribution in [2.24, 2.45) is 22.3 Å². The number of ether oxygens (including phenoxy) is 2. The van der Waals surface area contributed by atoms with Crippen molar-refractivity contribution in [1.29, 1.82) is 0 Å². The molecule has 0 aromatic heterocycles. The maximum atomic E-state index is 13.0. The predicted octanol–water partition coefficient (Wildman–Crippen LogP) is 9.49. The summed E-state index contributed by atoms with van der Waals surface area (Å²) in [5.41, 5.74) is 17.8. The molecule has 0 spiro atoms. The largest absolute Gasteiger partial charge is 0.454 e. The van der Waals surface area contributed by atoms with E-state index in [2.05, 4.69) is 27.7 Å². The maximum Gasteiger partial charge on any atom is 0.306 e. The summed E-state index contributed by atoms with van der Waals surface area (Å²) in [6, 6.07) is 0. The molecular weight excluding hydrogens is 701 g/mol. The molecule has 0 amide bonds. The lowest BCUT2D eigenvalue weighted by atomic mass is 9.71. The van der Waals surface area contributed by atoms with E-state index in [1.54, 1.807) is 0 Å². The monoisotopic (exact) mass is 766 g/mol. The quantitative estimate of drug-likeness (QED) is 0.104. The van der Waals surface area contributed by atoms with E-state index in [0.717, 1.165) is 33.4 Å². The molecule has 8 nitrogen and oxygen atoms in total. The summed E-state index contributed by atoms with van der Waals surface area (Å²) >= 11 is 0.